The number of nitrogen functional groups attached to an aromatic ring is 1. The predicted molar refractivity (Wildman–Crippen MR) is 46.6 cm³/mol. The molecule has 0 saturated heterocycles. The van der Waals surface area contributed by atoms with Crippen LogP contribution in [-0.4, -0.2) is 13.8 Å². The van der Waals surface area contributed by atoms with Crippen LogP contribution in [0.15, 0.2) is 23.2 Å². The van der Waals surface area contributed by atoms with Gasteiger partial charge in [0.1, 0.15) is 5.75 Å². The molecule has 0 aliphatic carbocycles. The van der Waals surface area contributed by atoms with E-state index in [-0.39, 0.29) is 0 Å². The minimum absolute atomic E-state index is 0.612. The van der Waals surface area contributed by atoms with Crippen LogP contribution >= 0.6 is 0 Å². The number of hydrogen-bond donors (Lipinski definition) is 1. The smallest absolute Gasteiger partial charge is 0.121 e. The molecule has 1 rings (SSSR count). The van der Waals surface area contributed by atoms with Crippen LogP contribution in [0.1, 0.15) is 0 Å². The van der Waals surface area contributed by atoms with Crippen molar-refractivity contribution in [1.82, 2.24) is 0 Å². The molecule has 3 nitrogen and oxygen atoms in total. The molecule has 0 unspecified atom stereocenters. The van der Waals surface area contributed by atoms with E-state index in [9.17, 15) is 0 Å². The minimum Gasteiger partial charge on any atom is -0.497 e. The van der Waals surface area contributed by atoms with E-state index in [2.05, 4.69) is 11.7 Å². The van der Waals surface area contributed by atoms with Gasteiger partial charge in [0.05, 0.1) is 18.5 Å². The molecule has 0 spiro atoms. The van der Waals surface area contributed by atoms with Gasteiger partial charge in [0.15, 0.2) is 0 Å². The van der Waals surface area contributed by atoms with Gasteiger partial charge in [-0.2, -0.15) is 0 Å². The number of nitrogens with two attached hydrogens (primary N) is 1. The van der Waals surface area contributed by atoms with E-state index in [1.54, 1.807) is 25.3 Å². The highest BCUT2D eigenvalue weighted by molar-refractivity contribution is 5.66. The number of ether oxygens (including phenoxy) is 1. The van der Waals surface area contributed by atoms with Gasteiger partial charge in [0, 0.05) is 6.07 Å². The van der Waals surface area contributed by atoms with Crippen molar-refractivity contribution in [3.63, 3.8) is 0 Å². The van der Waals surface area contributed by atoms with Gasteiger partial charge in [-0.3, -0.25) is 4.99 Å². The van der Waals surface area contributed by atoms with Crippen molar-refractivity contribution < 1.29 is 4.74 Å². The predicted octanol–water partition coefficient (Wildman–Crippen LogP) is 1.61. The molecule has 0 radical (unpaired) electrons. The van der Waals surface area contributed by atoms with Gasteiger partial charge in [-0.05, 0) is 18.9 Å². The molecule has 0 aliphatic heterocycles. The number of anilines is 1. The van der Waals surface area contributed by atoms with Crippen LogP contribution in [-0.2, 0) is 0 Å². The molecule has 11 heavy (non-hydrogen) atoms. The third-order valence-electron chi connectivity index (χ3n) is 1.41. The summed E-state index contributed by atoms with van der Waals surface area (Å²) in [6.07, 6.45) is 0. The highest BCUT2D eigenvalue weighted by atomic mass is 16.5. The van der Waals surface area contributed by atoms with Crippen LogP contribution in [0.25, 0.3) is 0 Å². The Labute approximate surface area is 65.5 Å². The monoisotopic (exact) mass is 150 g/mol. The van der Waals surface area contributed by atoms with Gasteiger partial charge in [-0.1, -0.05) is 0 Å². The molecule has 58 valence electrons. The molecule has 0 amide bonds. The maximum Gasteiger partial charge on any atom is 0.121 e. The summed E-state index contributed by atoms with van der Waals surface area (Å²) in [6, 6.07) is 5.26. The second-order valence-corrected chi connectivity index (χ2v) is 2.08. The van der Waals surface area contributed by atoms with Crippen LogP contribution in [0.4, 0.5) is 11.4 Å². The first-order valence-corrected chi connectivity index (χ1v) is 3.18. The largest absolute Gasteiger partial charge is 0.497 e. The maximum atomic E-state index is 5.57. The zero-order valence-corrected chi connectivity index (χ0v) is 6.37. The first kappa shape index (κ1) is 7.60. The van der Waals surface area contributed by atoms with Gasteiger partial charge in [-0.15, -0.1) is 0 Å². The van der Waals surface area contributed by atoms with Crippen molar-refractivity contribution in [2.75, 3.05) is 12.8 Å². The lowest BCUT2D eigenvalue weighted by Crippen LogP contribution is -1.87. The SMILES string of the molecule is C=Nc1cc(OC)ccc1N. The first-order valence-electron chi connectivity index (χ1n) is 3.18. The fourth-order valence-electron chi connectivity index (χ4n) is 0.787. The fourth-order valence-corrected chi connectivity index (χ4v) is 0.787. The molecule has 3 heteroatoms. The lowest BCUT2D eigenvalue weighted by Gasteiger charge is -2.02. The van der Waals surface area contributed by atoms with Crippen molar-refractivity contribution in [2.24, 2.45) is 4.99 Å². The van der Waals surface area contributed by atoms with Crippen LogP contribution in [0.5, 0.6) is 5.75 Å². The molecular formula is C8H10N2O. The average molecular weight is 150 g/mol. The summed E-state index contributed by atoms with van der Waals surface area (Å²) < 4.78 is 4.97. The van der Waals surface area contributed by atoms with E-state index >= 15 is 0 Å². The van der Waals surface area contributed by atoms with Gasteiger partial charge < -0.3 is 10.5 Å². The topological polar surface area (TPSA) is 47.6 Å². The van der Waals surface area contributed by atoms with Crippen LogP contribution in [0, 0.1) is 0 Å². The van der Waals surface area contributed by atoms with Gasteiger partial charge in [-0.25, -0.2) is 0 Å². The third-order valence-corrected chi connectivity index (χ3v) is 1.41. The van der Waals surface area contributed by atoms with E-state index in [0.29, 0.717) is 11.4 Å². The van der Waals surface area contributed by atoms with Gasteiger partial charge in [0.2, 0.25) is 0 Å². The normalized spacial score (nSPS) is 9.18. The lowest BCUT2D eigenvalue weighted by molar-refractivity contribution is 0.415. The molecule has 0 fully saturated rings. The van der Waals surface area contributed by atoms with Crippen LogP contribution in [0.3, 0.4) is 0 Å². The molecule has 0 saturated carbocycles. The number of hydrogen-bond acceptors (Lipinski definition) is 3. The Morgan fingerprint density at radius 1 is 1.55 bits per heavy atom. The first-order chi connectivity index (χ1) is 5.27. The highest BCUT2D eigenvalue weighted by Crippen LogP contribution is 2.26. The van der Waals surface area contributed by atoms with Gasteiger partial charge in [0.25, 0.3) is 0 Å². The Morgan fingerprint density at radius 2 is 2.27 bits per heavy atom. The Morgan fingerprint density at radius 3 is 2.82 bits per heavy atom. The standard InChI is InChI=1S/C8H10N2O/c1-10-8-5-6(11-2)3-4-7(8)9/h3-5H,1,9H2,2H3. The zero-order valence-electron chi connectivity index (χ0n) is 6.37. The maximum absolute atomic E-state index is 5.57. The van der Waals surface area contributed by atoms with E-state index in [0.717, 1.165) is 5.75 Å². The van der Waals surface area contributed by atoms with E-state index in [1.165, 1.54) is 0 Å². The number of nitrogens with zero attached hydrogens (tertiary/aromatic N) is 1. The molecule has 0 heterocycles. The summed E-state index contributed by atoms with van der Waals surface area (Å²) in [5, 5.41) is 0. The molecule has 0 atom stereocenters. The van der Waals surface area contributed by atoms with Crippen LogP contribution in [0.2, 0.25) is 0 Å². The summed E-state index contributed by atoms with van der Waals surface area (Å²) in [4.78, 5) is 3.72. The van der Waals surface area contributed by atoms with Crippen molar-refractivity contribution in [3.05, 3.63) is 18.2 Å². The molecule has 0 aliphatic rings. The summed E-state index contributed by atoms with van der Waals surface area (Å²) >= 11 is 0. The molecule has 0 bridgehead atoms. The minimum atomic E-state index is 0.612. The summed E-state index contributed by atoms with van der Waals surface area (Å²) in [6.45, 7) is 3.38. The Bertz CT molecular complexity index is 271. The fraction of sp³-hybridized carbons (Fsp3) is 0.125. The third kappa shape index (κ3) is 1.49. The summed E-state index contributed by atoms with van der Waals surface area (Å²) in [5.41, 5.74) is 6.83. The number of methoxy groups -OCH3 is 1. The number of rotatable bonds is 2. The van der Waals surface area contributed by atoms with E-state index in [4.69, 9.17) is 10.5 Å². The second-order valence-electron chi connectivity index (χ2n) is 2.08. The molecular weight excluding hydrogens is 140 g/mol. The van der Waals surface area contributed by atoms with Gasteiger partial charge >= 0.3 is 0 Å². The van der Waals surface area contributed by atoms with E-state index in [1.807, 2.05) is 0 Å². The number of benzene rings is 1. The van der Waals surface area contributed by atoms with Crippen LogP contribution < -0.4 is 10.5 Å². The summed E-state index contributed by atoms with van der Waals surface area (Å²) in [5.74, 6) is 0.738. The average Bonchev–Trinajstić information content (AvgIpc) is 2.05. The van der Waals surface area contributed by atoms with Crippen molar-refractivity contribution in [1.29, 1.82) is 0 Å². The zero-order chi connectivity index (χ0) is 8.27. The second kappa shape index (κ2) is 3.05. The Hall–Kier alpha value is -1.51. The molecule has 1 aromatic rings. The molecule has 0 aromatic heterocycles. The Balaban J connectivity index is 3.12. The number of aliphatic imine (C=N–C) groups is 1. The lowest BCUT2D eigenvalue weighted by atomic mass is 10.2. The molecule has 2 N–H and O–H groups in total. The van der Waals surface area contributed by atoms with Crippen molar-refractivity contribution >= 4 is 18.1 Å². The Kier molecular flexibility index (Phi) is 2.11. The summed E-state index contributed by atoms with van der Waals surface area (Å²) in [7, 11) is 1.60. The highest BCUT2D eigenvalue weighted by Gasteiger charge is 1.97. The quantitative estimate of drug-likeness (QED) is 0.514. The molecule has 1 aromatic carbocycles. The van der Waals surface area contributed by atoms with E-state index < -0.39 is 0 Å². The van der Waals surface area contributed by atoms with Crippen molar-refractivity contribution in [2.45, 2.75) is 0 Å². The van der Waals surface area contributed by atoms with Crippen molar-refractivity contribution in [3.8, 4) is 5.75 Å².